The Balaban J connectivity index is 2.23. The first-order valence-corrected chi connectivity index (χ1v) is 5.87. The van der Waals surface area contributed by atoms with Crippen molar-refractivity contribution >= 4 is 17.7 Å². The number of aromatic carboxylic acids is 1. The molecular formula is C10H14O4S. The van der Waals surface area contributed by atoms with Crippen LogP contribution in [0.15, 0.2) is 16.5 Å². The van der Waals surface area contributed by atoms with E-state index in [1.54, 1.807) is 17.8 Å². The lowest BCUT2D eigenvalue weighted by Gasteiger charge is -2.00. The standard InChI is InChI=1S/C10H14O4S/c1-2-5-13-7-15-6-8-3-4-9(14-8)10(11)12/h3-4H,2,5-7H2,1H3,(H,11,12). The third kappa shape index (κ3) is 4.40. The Morgan fingerprint density at radius 2 is 2.40 bits per heavy atom. The molecule has 0 spiro atoms. The van der Waals surface area contributed by atoms with Crippen LogP contribution in [0, 0.1) is 0 Å². The first-order chi connectivity index (χ1) is 7.24. The van der Waals surface area contributed by atoms with Crippen LogP contribution in [0.5, 0.6) is 0 Å². The Labute approximate surface area is 92.6 Å². The van der Waals surface area contributed by atoms with Crippen LogP contribution in [-0.4, -0.2) is 23.6 Å². The van der Waals surface area contributed by atoms with E-state index in [9.17, 15) is 4.79 Å². The summed E-state index contributed by atoms with van der Waals surface area (Å²) in [6.45, 7) is 2.81. The van der Waals surface area contributed by atoms with Gasteiger partial charge < -0.3 is 14.3 Å². The number of thioether (sulfide) groups is 1. The molecule has 0 aliphatic rings. The molecule has 0 bridgehead atoms. The molecule has 15 heavy (non-hydrogen) atoms. The Morgan fingerprint density at radius 1 is 1.60 bits per heavy atom. The lowest BCUT2D eigenvalue weighted by atomic mass is 10.4. The van der Waals surface area contributed by atoms with Crippen molar-refractivity contribution in [1.82, 2.24) is 0 Å². The minimum absolute atomic E-state index is 0.0138. The lowest BCUT2D eigenvalue weighted by molar-refractivity contribution is 0.0661. The number of carboxylic acids is 1. The van der Waals surface area contributed by atoms with Gasteiger partial charge in [0.1, 0.15) is 5.76 Å². The van der Waals surface area contributed by atoms with Crippen molar-refractivity contribution in [3.05, 3.63) is 23.7 Å². The van der Waals surface area contributed by atoms with Gasteiger partial charge in [-0.3, -0.25) is 0 Å². The Hall–Kier alpha value is -0.940. The molecule has 0 aliphatic carbocycles. The summed E-state index contributed by atoms with van der Waals surface area (Å²) in [4.78, 5) is 10.5. The highest BCUT2D eigenvalue weighted by molar-refractivity contribution is 7.98. The van der Waals surface area contributed by atoms with Gasteiger partial charge in [-0.1, -0.05) is 6.92 Å². The first kappa shape index (κ1) is 12.1. The molecule has 0 aromatic carbocycles. The Morgan fingerprint density at radius 3 is 3.00 bits per heavy atom. The minimum atomic E-state index is -1.03. The van der Waals surface area contributed by atoms with E-state index in [2.05, 4.69) is 6.92 Å². The highest BCUT2D eigenvalue weighted by Crippen LogP contribution is 2.15. The number of rotatable bonds is 7. The molecule has 1 aromatic rings. The second-order valence-electron chi connectivity index (χ2n) is 2.95. The van der Waals surface area contributed by atoms with Crippen LogP contribution in [0.1, 0.15) is 29.7 Å². The van der Waals surface area contributed by atoms with Gasteiger partial charge in [0, 0.05) is 6.61 Å². The van der Waals surface area contributed by atoms with Crippen molar-refractivity contribution < 1.29 is 19.1 Å². The third-order valence-corrected chi connectivity index (χ3v) is 2.45. The number of hydrogen-bond acceptors (Lipinski definition) is 4. The fraction of sp³-hybridized carbons (Fsp3) is 0.500. The fourth-order valence-corrected chi connectivity index (χ4v) is 1.65. The molecule has 5 heteroatoms. The van der Waals surface area contributed by atoms with E-state index in [0.29, 0.717) is 17.5 Å². The molecule has 0 radical (unpaired) electrons. The average molecular weight is 230 g/mol. The van der Waals surface area contributed by atoms with E-state index in [-0.39, 0.29) is 5.76 Å². The third-order valence-electron chi connectivity index (χ3n) is 1.63. The van der Waals surface area contributed by atoms with Crippen molar-refractivity contribution in [2.45, 2.75) is 19.1 Å². The quantitative estimate of drug-likeness (QED) is 0.576. The summed E-state index contributed by atoms with van der Waals surface area (Å²) >= 11 is 1.56. The van der Waals surface area contributed by atoms with Crippen LogP contribution < -0.4 is 0 Å². The van der Waals surface area contributed by atoms with Gasteiger partial charge in [0.25, 0.3) is 0 Å². The molecule has 1 N–H and O–H groups in total. The summed E-state index contributed by atoms with van der Waals surface area (Å²) in [5.74, 6) is 0.861. The summed E-state index contributed by atoms with van der Waals surface area (Å²) in [5, 5.41) is 8.61. The first-order valence-electron chi connectivity index (χ1n) is 4.71. The second kappa shape index (κ2) is 6.53. The van der Waals surface area contributed by atoms with Crippen molar-refractivity contribution in [2.24, 2.45) is 0 Å². The van der Waals surface area contributed by atoms with E-state index >= 15 is 0 Å². The maximum atomic E-state index is 10.5. The van der Waals surface area contributed by atoms with Crippen LogP contribution in [0.4, 0.5) is 0 Å². The van der Waals surface area contributed by atoms with Gasteiger partial charge in [0.15, 0.2) is 0 Å². The molecule has 0 saturated carbocycles. The summed E-state index contributed by atoms with van der Waals surface area (Å²) in [6, 6.07) is 3.14. The van der Waals surface area contributed by atoms with E-state index in [1.807, 2.05) is 0 Å². The fourth-order valence-electron chi connectivity index (χ4n) is 0.975. The number of furan rings is 1. The maximum absolute atomic E-state index is 10.5. The van der Waals surface area contributed by atoms with Gasteiger partial charge >= 0.3 is 5.97 Å². The topological polar surface area (TPSA) is 59.7 Å². The van der Waals surface area contributed by atoms with E-state index in [4.69, 9.17) is 14.3 Å². The predicted molar refractivity (Wildman–Crippen MR) is 58.1 cm³/mol. The molecule has 0 saturated heterocycles. The molecule has 0 aliphatic heterocycles. The minimum Gasteiger partial charge on any atom is -0.475 e. The molecule has 0 unspecified atom stereocenters. The van der Waals surface area contributed by atoms with Gasteiger partial charge in [-0.15, -0.1) is 11.8 Å². The van der Waals surface area contributed by atoms with E-state index in [0.717, 1.165) is 13.0 Å². The van der Waals surface area contributed by atoms with Crippen LogP contribution in [0.2, 0.25) is 0 Å². The van der Waals surface area contributed by atoms with E-state index < -0.39 is 5.97 Å². The maximum Gasteiger partial charge on any atom is 0.371 e. The highest BCUT2D eigenvalue weighted by atomic mass is 32.2. The highest BCUT2D eigenvalue weighted by Gasteiger charge is 2.08. The smallest absolute Gasteiger partial charge is 0.371 e. The normalized spacial score (nSPS) is 10.5. The number of ether oxygens (including phenoxy) is 1. The summed E-state index contributed by atoms with van der Waals surface area (Å²) in [6.07, 6.45) is 1.00. The zero-order valence-electron chi connectivity index (χ0n) is 8.56. The number of carbonyl (C=O) groups is 1. The Bertz CT molecular complexity index is 308. The summed E-state index contributed by atoms with van der Waals surface area (Å²) in [5.41, 5.74) is 0. The monoisotopic (exact) mass is 230 g/mol. The van der Waals surface area contributed by atoms with Gasteiger partial charge in [-0.05, 0) is 18.6 Å². The predicted octanol–water partition coefficient (Wildman–Crippen LogP) is 2.60. The molecule has 0 atom stereocenters. The Kier molecular flexibility index (Phi) is 5.28. The number of carboxylic acid groups (broad SMARTS) is 1. The van der Waals surface area contributed by atoms with Crippen molar-refractivity contribution in [3.63, 3.8) is 0 Å². The van der Waals surface area contributed by atoms with Gasteiger partial charge in [0.2, 0.25) is 5.76 Å². The van der Waals surface area contributed by atoms with Gasteiger partial charge in [-0.25, -0.2) is 4.79 Å². The van der Waals surface area contributed by atoms with Crippen molar-refractivity contribution in [2.75, 3.05) is 12.5 Å². The van der Waals surface area contributed by atoms with Gasteiger partial charge in [-0.2, -0.15) is 0 Å². The zero-order valence-corrected chi connectivity index (χ0v) is 9.38. The molecule has 1 aromatic heterocycles. The number of hydrogen-bond donors (Lipinski definition) is 1. The molecule has 0 amide bonds. The van der Waals surface area contributed by atoms with Crippen LogP contribution >= 0.6 is 11.8 Å². The molecule has 0 fully saturated rings. The van der Waals surface area contributed by atoms with Crippen LogP contribution in [-0.2, 0) is 10.5 Å². The van der Waals surface area contributed by atoms with Gasteiger partial charge in [0.05, 0.1) is 11.7 Å². The van der Waals surface area contributed by atoms with Crippen LogP contribution in [0.3, 0.4) is 0 Å². The summed E-state index contributed by atoms with van der Waals surface area (Å²) in [7, 11) is 0. The lowest BCUT2D eigenvalue weighted by Crippen LogP contribution is -1.93. The van der Waals surface area contributed by atoms with Crippen molar-refractivity contribution in [3.8, 4) is 0 Å². The molecule has 84 valence electrons. The molecule has 1 rings (SSSR count). The molecule has 1 heterocycles. The summed E-state index contributed by atoms with van der Waals surface area (Å²) < 4.78 is 10.3. The van der Waals surface area contributed by atoms with E-state index in [1.165, 1.54) is 6.07 Å². The molecule has 4 nitrogen and oxygen atoms in total. The largest absolute Gasteiger partial charge is 0.475 e. The average Bonchev–Trinajstić information content (AvgIpc) is 2.66. The second-order valence-corrected chi connectivity index (χ2v) is 3.88. The molecular weight excluding hydrogens is 216 g/mol. The van der Waals surface area contributed by atoms with Crippen molar-refractivity contribution in [1.29, 1.82) is 0 Å². The van der Waals surface area contributed by atoms with Crippen LogP contribution in [0.25, 0.3) is 0 Å². The SMILES string of the molecule is CCCOCSCc1ccc(C(=O)O)o1. The zero-order chi connectivity index (χ0) is 11.1.